The van der Waals surface area contributed by atoms with Crippen molar-refractivity contribution < 1.29 is 15.0 Å². The molecule has 2 aromatic rings. The normalized spacial score (nSPS) is 11.9. The number of phenols is 2. The van der Waals surface area contributed by atoms with Crippen LogP contribution in [0.25, 0.3) is 0 Å². The zero-order valence-electron chi connectivity index (χ0n) is 12.9. The van der Waals surface area contributed by atoms with Crippen LogP contribution in [0, 0.1) is 5.92 Å². The van der Waals surface area contributed by atoms with Gasteiger partial charge in [0.25, 0.3) is 0 Å². The predicted octanol–water partition coefficient (Wildman–Crippen LogP) is 3.40. The van der Waals surface area contributed by atoms with E-state index in [2.05, 4.69) is 21.2 Å². The highest BCUT2D eigenvalue weighted by atomic mass is 79.9. The fourth-order valence-corrected chi connectivity index (χ4v) is 2.56. The summed E-state index contributed by atoms with van der Waals surface area (Å²) in [6, 6.07) is 12.6. The molecular formula is C18H20BrNO3. The van der Waals surface area contributed by atoms with E-state index in [9.17, 15) is 15.0 Å². The van der Waals surface area contributed by atoms with Gasteiger partial charge in [-0.3, -0.25) is 4.79 Å². The number of halogens is 1. The number of carbonyl (C=O) groups excluding carboxylic acids is 1. The van der Waals surface area contributed by atoms with Crippen molar-refractivity contribution in [3.8, 4) is 11.5 Å². The molecule has 0 aliphatic heterocycles. The lowest BCUT2D eigenvalue weighted by Crippen LogP contribution is -2.31. The van der Waals surface area contributed by atoms with Crippen molar-refractivity contribution in [1.29, 1.82) is 0 Å². The zero-order valence-corrected chi connectivity index (χ0v) is 14.5. The summed E-state index contributed by atoms with van der Waals surface area (Å²) < 4.78 is 1.04. The first kappa shape index (κ1) is 17.3. The maximum absolute atomic E-state index is 12.1. The van der Waals surface area contributed by atoms with Crippen molar-refractivity contribution in [2.45, 2.75) is 19.8 Å². The van der Waals surface area contributed by atoms with Crippen LogP contribution in [0.1, 0.15) is 18.1 Å². The van der Waals surface area contributed by atoms with E-state index in [1.165, 1.54) is 17.7 Å². The molecule has 0 heterocycles. The van der Waals surface area contributed by atoms with Gasteiger partial charge < -0.3 is 15.5 Å². The van der Waals surface area contributed by atoms with Gasteiger partial charge >= 0.3 is 0 Å². The van der Waals surface area contributed by atoms with Crippen molar-refractivity contribution >= 4 is 21.8 Å². The molecular weight excluding hydrogens is 358 g/mol. The van der Waals surface area contributed by atoms with E-state index in [1.54, 1.807) is 6.07 Å². The molecule has 0 radical (unpaired) electrons. The summed E-state index contributed by atoms with van der Waals surface area (Å²) in [5, 5.41) is 21.7. The van der Waals surface area contributed by atoms with Gasteiger partial charge in [0.05, 0.1) is 0 Å². The third-order valence-corrected chi connectivity index (χ3v) is 4.18. The Kier molecular flexibility index (Phi) is 6.04. The minimum absolute atomic E-state index is 0.0188. The third kappa shape index (κ3) is 5.28. The molecule has 0 aliphatic carbocycles. The highest BCUT2D eigenvalue weighted by Gasteiger charge is 2.14. The highest BCUT2D eigenvalue weighted by molar-refractivity contribution is 9.10. The van der Waals surface area contributed by atoms with Gasteiger partial charge in [0.1, 0.15) is 0 Å². The van der Waals surface area contributed by atoms with Crippen molar-refractivity contribution in [3.63, 3.8) is 0 Å². The highest BCUT2D eigenvalue weighted by Crippen LogP contribution is 2.26. The second-order valence-electron chi connectivity index (χ2n) is 5.60. The molecule has 4 nitrogen and oxygen atoms in total. The lowest BCUT2D eigenvalue weighted by atomic mass is 10.00. The van der Waals surface area contributed by atoms with Gasteiger partial charge in [0.2, 0.25) is 5.91 Å². The van der Waals surface area contributed by atoms with Crippen LogP contribution >= 0.6 is 15.9 Å². The topological polar surface area (TPSA) is 69.6 Å². The molecule has 0 fully saturated rings. The number of phenolic OH excluding ortho intramolecular Hbond substituents is 2. The summed E-state index contributed by atoms with van der Waals surface area (Å²) in [5.41, 5.74) is 1.99. The standard InChI is InChI=1S/C18H20BrNO3/c1-12(10-14-4-7-16(21)17(22)11-14)18(23)20-9-8-13-2-5-15(19)6-3-13/h2-7,11-12,21-22H,8-10H2,1H3,(H,20,23). The van der Waals surface area contributed by atoms with E-state index in [-0.39, 0.29) is 23.3 Å². The first-order valence-corrected chi connectivity index (χ1v) is 8.28. The molecule has 1 amide bonds. The smallest absolute Gasteiger partial charge is 0.223 e. The summed E-state index contributed by atoms with van der Waals surface area (Å²) in [7, 11) is 0. The summed E-state index contributed by atoms with van der Waals surface area (Å²) >= 11 is 3.39. The quantitative estimate of drug-likeness (QED) is 0.675. The van der Waals surface area contributed by atoms with Crippen LogP contribution in [-0.4, -0.2) is 22.7 Å². The summed E-state index contributed by atoms with van der Waals surface area (Å²) in [6.07, 6.45) is 1.30. The molecule has 0 saturated heterocycles. The van der Waals surface area contributed by atoms with Gasteiger partial charge in [0.15, 0.2) is 11.5 Å². The molecule has 0 aliphatic rings. The fraction of sp³-hybridized carbons (Fsp3) is 0.278. The number of amides is 1. The first-order chi connectivity index (χ1) is 11.0. The number of nitrogens with one attached hydrogen (secondary N) is 1. The maximum atomic E-state index is 12.1. The van der Waals surface area contributed by atoms with Gasteiger partial charge in [0, 0.05) is 16.9 Å². The Bertz CT molecular complexity index is 670. The van der Waals surface area contributed by atoms with E-state index in [4.69, 9.17) is 0 Å². The van der Waals surface area contributed by atoms with Crippen LogP contribution in [0.3, 0.4) is 0 Å². The van der Waals surface area contributed by atoms with E-state index in [0.29, 0.717) is 13.0 Å². The van der Waals surface area contributed by atoms with Crippen LogP contribution in [0.4, 0.5) is 0 Å². The zero-order chi connectivity index (χ0) is 16.8. The lowest BCUT2D eigenvalue weighted by molar-refractivity contribution is -0.124. The van der Waals surface area contributed by atoms with E-state index < -0.39 is 0 Å². The van der Waals surface area contributed by atoms with Crippen LogP contribution in [-0.2, 0) is 17.6 Å². The molecule has 0 spiro atoms. The monoisotopic (exact) mass is 377 g/mol. The Hall–Kier alpha value is -2.01. The maximum Gasteiger partial charge on any atom is 0.223 e. The minimum atomic E-state index is -0.205. The van der Waals surface area contributed by atoms with Gasteiger partial charge in [-0.05, 0) is 48.2 Å². The second-order valence-corrected chi connectivity index (χ2v) is 6.51. The molecule has 3 N–H and O–H groups in total. The molecule has 0 bridgehead atoms. The molecule has 5 heteroatoms. The number of hydrogen-bond donors (Lipinski definition) is 3. The molecule has 2 rings (SSSR count). The second kappa shape index (κ2) is 8.02. The van der Waals surface area contributed by atoms with Gasteiger partial charge in [-0.1, -0.05) is 41.1 Å². The summed E-state index contributed by atoms with van der Waals surface area (Å²) in [4.78, 5) is 12.1. The Morgan fingerprint density at radius 1 is 1.09 bits per heavy atom. The minimum Gasteiger partial charge on any atom is -0.504 e. The fourth-order valence-electron chi connectivity index (χ4n) is 2.30. The van der Waals surface area contributed by atoms with E-state index in [0.717, 1.165) is 16.5 Å². The average Bonchev–Trinajstić information content (AvgIpc) is 2.52. The number of aromatic hydroxyl groups is 2. The Labute approximate surface area is 144 Å². The van der Waals surface area contributed by atoms with Crippen molar-refractivity contribution in [1.82, 2.24) is 5.32 Å². The van der Waals surface area contributed by atoms with Crippen molar-refractivity contribution in [2.75, 3.05) is 6.54 Å². The molecule has 2 aromatic carbocycles. The van der Waals surface area contributed by atoms with Crippen molar-refractivity contribution in [3.05, 3.63) is 58.1 Å². The largest absolute Gasteiger partial charge is 0.504 e. The molecule has 1 unspecified atom stereocenters. The first-order valence-electron chi connectivity index (χ1n) is 7.48. The predicted molar refractivity (Wildman–Crippen MR) is 93.5 cm³/mol. The Morgan fingerprint density at radius 2 is 1.74 bits per heavy atom. The van der Waals surface area contributed by atoms with Crippen LogP contribution in [0.5, 0.6) is 11.5 Å². The third-order valence-electron chi connectivity index (χ3n) is 3.66. The number of carbonyl (C=O) groups is 1. The van der Waals surface area contributed by atoms with Crippen LogP contribution < -0.4 is 5.32 Å². The Morgan fingerprint density at radius 3 is 2.39 bits per heavy atom. The number of hydrogen-bond acceptors (Lipinski definition) is 3. The molecule has 0 aromatic heterocycles. The van der Waals surface area contributed by atoms with Gasteiger partial charge in [-0.25, -0.2) is 0 Å². The molecule has 1 atom stereocenters. The number of rotatable bonds is 6. The molecule has 0 saturated carbocycles. The number of benzene rings is 2. The van der Waals surface area contributed by atoms with Gasteiger partial charge in [-0.2, -0.15) is 0 Å². The van der Waals surface area contributed by atoms with E-state index >= 15 is 0 Å². The molecule has 23 heavy (non-hydrogen) atoms. The SMILES string of the molecule is CC(Cc1ccc(O)c(O)c1)C(=O)NCCc1ccc(Br)cc1. The lowest BCUT2D eigenvalue weighted by Gasteiger charge is -2.13. The summed E-state index contributed by atoms with van der Waals surface area (Å²) in [6.45, 7) is 2.44. The Balaban J connectivity index is 1.80. The molecule has 122 valence electrons. The van der Waals surface area contributed by atoms with Crippen LogP contribution in [0.15, 0.2) is 46.9 Å². The van der Waals surface area contributed by atoms with Gasteiger partial charge in [-0.15, -0.1) is 0 Å². The van der Waals surface area contributed by atoms with Crippen LogP contribution in [0.2, 0.25) is 0 Å². The summed E-state index contributed by atoms with van der Waals surface area (Å²) in [5.74, 6) is -0.538. The average molecular weight is 378 g/mol. The van der Waals surface area contributed by atoms with E-state index in [1.807, 2.05) is 31.2 Å². The van der Waals surface area contributed by atoms with Crippen molar-refractivity contribution in [2.24, 2.45) is 5.92 Å².